The van der Waals surface area contributed by atoms with E-state index in [4.69, 9.17) is 4.74 Å². The monoisotopic (exact) mass is 211 g/mol. The van der Waals surface area contributed by atoms with Crippen molar-refractivity contribution in [2.45, 2.75) is 26.4 Å². The van der Waals surface area contributed by atoms with Gasteiger partial charge in [-0.25, -0.2) is 4.98 Å². The van der Waals surface area contributed by atoms with Gasteiger partial charge in [0.05, 0.1) is 6.10 Å². The highest BCUT2D eigenvalue weighted by atomic mass is 16.5. The van der Waals surface area contributed by atoms with E-state index in [1.807, 2.05) is 30.9 Å². The summed E-state index contributed by atoms with van der Waals surface area (Å²) in [5, 5.41) is 3.36. The van der Waals surface area contributed by atoms with Gasteiger partial charge in [0.2, 0.25) is 0 Å². The lowest BCUT2D eigenvalue weighted by Gasteiger charge is -2.12. The van der Waals surface area contributed by atoms with Crippen molar-refractivity contribution in [2.24, 2.45) is 7.05 Å². The number of aromatic nitrogens is 2. The lowest BCUT2D eigenvalue weighted by atomic mass is 10.3. The molecule has 4 nitrogen and oxygen atoms in total. The van der Waals surface area contributed by atoms with E-state index in [1.54, 1.807) is 0 Å². The van der Waals surface area contributed by atoms with Gasteiger partial charge in [-0.1, -0.05) is 0 Å². The van der Waals surface area contributed by atoms with Gasteiger partial charge in [-0.15, -0.1) is 0 Å². The zero-order valence-electron chi connectivity index (χ0n) is 9.86. The third-order valence-corrected chi connectivity index (χ3v) is 2.33. The van der Waals surface area contributed by atoms with Crippen molar-refractivity contribution in [3.8, 4) is 0 Å². The molecule has 0 amide bonds. The zero-order chi connectivity index (χ0) is 11.1. The van der Waals surface area contributed by atoms with Crippen LogP contribution in [0.5, 0.6) is 0 Å². The highest BCUT2D eigenvalue weighted by Crippen LogP contribution is 1.94. The number of nitrogens with zero attached hydrogens (tertiary/aromatic N) is 2. The first kappa shape index (κ1) is 12.2. The molecule has 4 heteroatoms. The second kappa shape index (κ2) is 6.58. The van der Waals surface area contributed by atoms with Gasteiger partial charge in [0, 0.05) is 45.6 Å². The Balaban J connectivity index is 2.09. The summed E-state index contributed by atoms with van der Waals surface area (Å²) in [6.07, 6.45) is 5.05. The van der Waals surface area contributed by atoms with Gasteiger partial charge in [0.15, 0.2) is 0 Å². The summed E-state index contributed by atoms with van der Waals surface area (Å²) in [5.74, 6) is 1.12. The molecule has 0 spiro atoms. The predicted molar refractivity (Wildman–Crippen MR) is 60.9 cm³/mol. The number of rotatable bonds is 7. The Bertz CT molecular complexity index is 273. The molecule has 86 valence electrons. The molecule has 0 aromatic carbocycles. The molecule has 1 N–H and O–H groups in total. The molecule has 1 heterocycles. The Morgan fingerprint density at radius 3 is 3.00 bits per heavy atom. The van der Waals surface area contributed by atoms with Gasteiger partial charge in [0.25, 0.3) is 0 Å². The number of hydrogen-bond donors (Lipinski definition) is 1. The minimum Gasteiger partial charge on any atom is -0.377 e. The molecule has 0 bridgehead atoms. The van der Waals surface area contributed by atoms with E-state index >= 15 is 0 Å². The fraction of sp³-hybridized carbons (Fsp3) is 0.727. The number of nitrogens with one attached hydrogen (secondary N) is 1. The Labute approximate surface area is 91.7 Å². The topological polar surface area (TPSA) is 39.1 Å². The van der Waals surface area contributed by atoms with Gasteiger partial charge in [-0.3, -0.25) is 0 Å². The van der Waals surface area contributed by atoms with Crippen molar-refractivity contribution in [2.75, 3.05) is 19.7 Å². The molecule has 1 aromatic rings. The van der Waals surface area contributed by atoms with Crippen LogP contribution in [0.1, 0.15) is 19.7 Å². The quantitative estimate of drug-likeness (QED) is 0.683. The van der Waals surface area contributed by atoms with E-state index < -0.39 is 0 Å². The highest BCUT2D eigenvalue weighted by molar-refractivity contribution is 4.91. The molecule has 0 fully saturated rings. The number of hydrogen-bond acceptors (Lipinski definition) is 3. The van der Waals surface area contributed by atoms with Crippen LogP contribution in [0.25, 0.3) is 0 Å². The van der Waals surface area contributed by atoms with Crippen LogP contribution >= 0.6 is 0 Å². The van der Waals surface area contributed by atoms with Gasteiger partial charge in [-0.05, 0) is 13.8 Å². The number of imidazole rings is 1. The first-order chi connectivity index (χ1) is 7.24. The average molecular weight is 211 g/mol. The molecular weight excluding hydrogens is 190 g/mol. The summed E-state index contributed by atoms with van der Waals surface area (Å²) in [6, 6.07) is 0. The van der Waals surface area contributed by atoms with Crippen LogP contribution < -0.4 is 5.32 Å². The van der Waals surface area contributed by atoms with Gasteiger partial charge in [-0.2, -0.15) is 0 Å². The molecule has 15 heavy (non-hydrogen) atoms. The van der Waals surface area contributed by atoms with Crippen molar-refractivity contribution in [1.82, 2.24) is 14.9 Å². The van der Waals surface area contributed by atoms with Crippen LogP contribution in [0, 0.1) is 0 Å². The van der Waals surface area contributed by atoms with Crippen molar-refractivity contribution >= 4 is 0 Å². The van der Waals surface area contributed by atoms with Gasteiger partial charge in [0.1, 0.15) is 5.82 Å². The van der Waals surface area contributed by atoms with Crippen molar-refractivity contribution in [3.05, 3.63) is 18.2 Å². The molecule has 1 atom stereocenters. The highest BCUT2D eigenvalue weighted by Gasteiger charge is 2.01. The second-order valence-electron chi connectivity index (χ2n) is 3.67. The SMILES string of the molecule is CCOC(C)CNCCc1nccn1C. The second-order valence-corrected chi connectivity index (χ2v) is 3.67. The van der Waals surface area contributed by atoms with Crippen LogP contribution in [-0.4, -0.2) is 35.4 Å². The molecule has 0 saturated carbocycles. The smallest absolute Gasteiger partial charge is 0.109 e. The zero-order valence-corrected chi connectivity index (χ0v) is 9.86. The largest absolute Gasteiger partial charge is 0.377 e. The maximum absolute atomic E-state index is 5.42. The summed E-state index contributed by atoms with van der Waals surface area (Å²) in [4.78, 5) is 4.26. The van der Waals surface area contributed by atoms with E-state index in [0.717, 1.165) is 31.9 Å². The van der Waals surface area contributed by atoms with Crippen LogP contribution in [-0.2, 0) is 18.2 Å². The molecule has 0 saturated heterocycles. The van der Waals surface area contributed by atoms with E-state index in [-0.39, 0.29) is 6.10 Å². The minimum absolute atomic E-state index is 0.288. The first-order valence-electron chi connectivity index (χ1n) is 5.52. The van der Waals surface area contributed by atoms with Crippen LogP contribution in [0.3, 0.4) is 0 Å². The van der Waals surface area contributed by atoms with Crippen molar-refractivity contribution < 1.29 is 4.74 Å². The van der Waals surface area contributed by atoms with E-state index in [9.17, 15) is 0 Å². The summed E-state index contributed by atoms with van der Waals surface area (Å²) >= 11 is 0. The van der Waals surface area contributed by atoms with Crippen LogP contribution in [0.4, 0.5) is 0 Å². The van der Waals surface area contributed by atoms with Crippen LogP contribution in [0.15, 0.2) is 12.4 Å². The normalized spacial score (nSPS) is 13.0. The maximum Gasteiger partial charge on any atom is 0.109 e. The Morgan fingerprint density at radius 1 is 1.60 bits per heavy atom. The summed E-state index contributed by atoms with van der Waals surface area (Å²) < 4.78 is 7.47. The Kier molecular flexibility index (Phi) is 5.36. The number of ether oxygens (including phenoxy) is 1. The number of aryl methyl sites for hydroxylation is 1. The fourth-order valence-electron chi connectivity index (χ4n) is 1.49. The summed E-state index contributed by atoms with van der Waals surface area (Å²) in [7, 11) is 2.02. The predicted octanol–water partition coefficient (Wildman–Crippen LogP) is 0.977. The molecule has 0 aliphatic carbocycles. The third kappa shape index (κ3) is 4.44. The molecule has 1 aromatic heterocycles. The van der Waals surface area contributed by atoms with Crippen molar-refractivity contribution in [1.29, 1.82) is 0 Å². The molecule has 0 aliphatic heterocycles. The first-order valence-corrected chi connectivity index (χ1v) is 5.52. The molecular formula is C11H21N3O. The standard InChI is InChI=1S/C11H21N3O/c1-4-15-10(2)9-12-6-5-11-13-7-8-14(11)3/h7-8,10,12H,4-6,9H2,1-3H3. The lowest BCUT2D eigenvalue weighted by molar-refractivity contribution is 0.0763. The Hall–Kier alpha value is -0.870. The van der Waals surface area contributed by atoms with E-state index in [0.29, 0.717) is 0 Å². The van der Waals surface area contributed by atoms with Gasteiger partial charge < -0.3 is 14.6 Å². The maximum atomic E-state index is 5.42. The summed E-state index contributed by atoms with van der Waals surface area (Å²) in [5.41, 5.74) is 0. The van der Waals surface area contributed by atoms with Gasteiger partial charge >= 0.3 is 0 Å². The molecule has 1 rings (SSSR count). The van der Waals surface area contributed by atoms with E-state index in [1.165, 1.54) is 0 Å². The molecule has 0 aliphatic rings. The van der Waals surface area contributed by atoms with Crippen LogP contribution in [0.2, 0.25) is 0 Å². The molecule has 0 radical (unpaired) electrons. The summed E-state index contributed by atoms with van der Waals surface area (Å²) in [6.45, 7) is 6.73. The average Bonchev–Trinajstić information content (AvgIpc) is 2.60. The fourth-order valence-corrected chi connectivity index (χ4v) is 1.49. The third-order valence-electron chi connectivity index (χ3n) is 2.33. The van der Waals surface area contributed by atoms with Crippen molar-refractivity contribution in [3.63, 3.8) is 0 Å². The van der Waals surface area contributed by atoms with E-state index in [2.05, 4.69) is 17.2 Å². The molecule has 1 unspecified atom stereocenters. The Morgan fingerprint density at radius 2 is 2.40 bits per heavy atom. The lowest BCUT2D eigenvalue weighted by Crippen LogP contribution is -2.28. The minimum atomic E-state index is 0.288.